The molecule has 1 aromatic heterocycles. The minimum Gasteiger partial charge on any atom is -0.480 e. The zero-order valence-electron chi connectivity index (χ0n) is 21.0. The van der Waals surface area contributed by atoms with Crippen LogP contribution in [-0.2, 0) is 11.2 Å². The highest BCUT2D eigenvalue weighted by Crippen LogP contribution is 2.34. The molecule has 0 aromatic carbocycles. The van der Waals surface area contributed by atoms with Crippen molar-refractivity contribution in [3.8, 4) is 0 Å². The number of urea groups is 1. The average Bonchev–Trinajstić information content (AvgIpc) is 3.26. The number of carboxylic acids is 1. The topological polar surface area (TPSA) is 82.5 Å². The highest BCUT2D eigenvalue weighted by Gasteiger charge is 2.30. The van der Waals surface area contributed by atoms with E-state index >= 15 is 0 Å². The summed E-state index contributed by atoms with van der Waals surface area (Å²) in [6, 6.07) is 0.382. The molecule has 0 unspecified atom stereocenters. The first kappa shape index (κ1) is 27.3. The van der Waals surface area contributed by atoms with Crippen molar-refractivity contribution in [1.29, 1.82) is 0 Å². The van der Waals surface area contributed by atoms with E-state index in [1.165, 1.54) is 87.3 Å². The maximum Gasteiger partial charge on any atom is 0.319 e. The van der Waals surface area contributed by atoms with Gasteiger partial charge in [0.1, 0.15) is 4.75 Å². The Hall–Kier alpha value is -1.28. The molecule has 0 spiro atoms. The van der Waals surface area contributed by atoms with Crippen LogP contribution in [0.1, 0.15) is 103 Å². The van der Waals surface area contributed by atoms with E-state index in [0.717, 1.165) is 41.8 Å². The molecule has 2 fully saturated rings. The number of aromatic nitrogens is 1. The number of hydrogen-bond donors (Lipinski definition) is 2. The van der Waals surface area contributed by atoms with Gasteiger partial charge in [0.2, 0.25) is 0 Å². The van der Waals surface area contributed by atoms with Crippen molar-refractivity contribution >= 4 is 35.1 Å². The fourth-order valence-electron chi connectivity index (χ4n) is 5.00. The molecule has 0 atom stereocenters. The molecule has 1 heterocycles. The van der Waals surface area contributed by atoms with E-state index in [-0.39, 0.29) is 6.03 Å². The fourth-order valence-corrected chi connectivity index (χ4v) is 7.23. The Morgan fingerprint density at radius 1 is 1.09 bits per heavy atom. The van der Waals surface area contributed by atoms with Gasteiger partial charge in [0.15, 0.2) is 4.34 Å². The maximum atomic E-state index is 13.1. The third-order valence-corrected chi connectivity index (χ3v) is 9.43. The number of thiazole rings is 1. The Kier molecular flexibility index (Phi) is 11.0. The van der Waals surface area contributed by atoms with Gasteiger partial charge in [0.25, 0.3) is 0 Å². The van der Waals surface area contributed by atoms with Crippen molar-refractivity contribution in [3.05, 3.63) is 11.1 Å². The molecule has 34 heavy (non-hydrogen) atoms. The third kappa shape index (κ3) is 9.06. The Bertz CT molecular complexity index is 771. The van der Waals surface area contributed by atoms with Gasteiger partial charge in [-0.3, -0.25) is 4.79 Å². The zero-order chi connectivity index (χ0) is 24.4. The van der Waals surface area contributed by atoms with Crippen molar-refractivity contribution in [2.24, 2.45) is 5.92 Å². The van der Waals surface area contributed by atoms with Gasteiger partial charge in [-0.05, 0) is 39.0 Å². The molecule has 0 aliphatic heterocycles. The molecule has 2 aliphatic carbocycles. The molecule has 0 saturated heterocycles. The molecule has 6 nitrogen and oxygen atoms in total. The van der Waals surface area contributed by atoms with Crippen LogP contribution in [0, 0.1) is 5.92 Å². The quantitative estimate of drug-likeness (QED) is 0.241. The molecule has 2 saturated carbocycles. The lowest BCUT2D eigenvalue weighted by atomic mass is 9.86. The predicted molar refractivity (Wildman–Crippen MR) is 141 cm³/mol. The van der Waals surface area contributed by atoms with Crippen LogP contribution in [0.2, 0.25) is 0 Å². The van der Waals surface area contributed by atoms with Crippen molar-refractivity contribution in [1.82, 2.24) is 15.2 Å². The third-order valence-electron chi connectivity index (χ3n) is 7.26. The summed E-state index contributed by atoms with van der Waals surface area (Å²) in [7, 11) is 0. The van der Waals surface area contributed by atoms with Crippen molar-refractivity contribution < 1.29 is 14.7 Å². The predicted octanol–water partition coefficient (Wildman–Crippen LogP) is 6.74. The molecule has 2 aliphatic rings. The number of carboxylic acid groups (broad SMARTS) is 1. The number of rotatable bonds is 12. The monoisotopic (exact) mass is 509 g/mol. The van der Waals surface area contributed by atoms with Gasteiger partial charge < -0.3 is 15.3 Å². The molecular formula is C26H43N3O3S2. The molecule has 0 radical (unpaired) electrons. The first-order valence-corrected chi connectivity index (χ1v) is 15.0. The lowest BCUT2D eigenvalue weighted by Gasteiger charge is -2.28. The second-order valence-corrected chi connectivity index (χ2v) is 13.3. The van der Waals surface area contributed by atoms with E-state index in [9.17, 15) is 14.7 Å². The summed E-state index contributed by atoms with van der Waals surface area (Å²) in [5.41, 5.74) is 0.936. The van der Waals surface area contributed by atoms with Crippen molar-refractivity contribution in [2.75, 3.05) is 13.1 Å². The Balaban J connectivity index is 1.51. The number of carbonyl (C=O) groups excluding carboxylic acids is 1. The molecule has 3 rings (SSSR count). The number of nitrogens with one attached hydrogen (secondary N) is 1. The number of carbonyl (C=O) groups is 2. The van der Waals surface area contributed by atoms with Crippen LogP contribution in [0.4, 0.5) is 4.79 Å². The van der Waals surface area contributed by atoms with Crippen LogP contribution >= 0.6 is 23.1 Å². The summed E-state index contributed by atoms with van der Waals surface area (Å²) >= 11 is 2.77. The SMILES string of the molecule is CC(C)(Sc1nc(CCN(CCCCC2CCCCC2)C(=O)NC2CCCCC2)cs1)C(=O)O. The minimum absolute atomic E-state index is 0.0707. The van der Waals surface area contributed by atoms with Gasteiger partial charge in [-0.25, -0.2) is 9.78 Å². The number of hydrogen-bond acceptors (Lipinski definition) is 5. The van der Waals surface area contributed by atoms with E-state index in [1.54, 1.807) is 13.8 Å². The highest BCUT2D eigenvalue weighted by atomic mass is 32.2. The van der Waals surface area contributed by atoms with Gasteiger partial charge >= 0.3 is 12.0 Å². The fraction of sp³-hybridized carbons (Fsp3) is 0.808. The molecular weight excluding hydrogens is 466 g/mol. The standard InChI is InChI=1S/C26H43N3O3S2/c1-26(2,23(30)31)34-25-28-22(19-33-25)16-18-29(24(32)27-21-14-7-4-8-15-21)17-10-9-13-20-11-5-3-6-12-20/h19-21H,3-18H2,1-2H3,(H,27,32)(H,30,31). The lowest BCUT2D eigenvalue weighted by molar-refractivity contribution is -0.138. The zero-order valence-corrected chi connectivity index (χ0v) is 22.7. The van der Waals surface area contributed by atoms with Gasteiger partial charge in [0.05, 0.1) is 5.69 Å². The smallest absolute Gasteiger partial charge is 0.319 e. The van der Waals surface area contributed by atoms with Gasteiger partial charge in [-0.1, -0.05) is 76.0 Å². The summed E-state index contributed by atoms with van der Waals surface area (Å²) in [6.07, 6.45) is 17.1. The lowest BCUT2D eigenvalue weighted by Crippen LogP contribution is -2.46. The van der Waals surface area contributed by atoms with Crippen molar-refractivity contribution in [3.63, 3.8) is 0 Å². The van der Waals surface area contributed by atoms with Crippen LogP contribution in [0.15, 0.2) is 9.72 Å². The number of aliphatic carboxylic acids is 1. The maximum absolute atomic E-state index is 13.1. The van der Waals surface area contributed by atoms with E-state index in [1.807, 2.05) is 10.3 Å². The average molecular weight is 510 g/mol. The Morgan fingerprint density at radius 3 is 2.44 bits per heavy atom. The normalized spacial score (nSPS) is 18.1. The van der Waals surface area contributed by atoms with E-state index in [2.05, 4.69) is 10.3 Å². The summed E-state index contributed by atoms with van der Waals surface area (Å²) < 4.78 is -0.132. The van der Waals surface area contributed by atoms with Crippen LogP contribution in [-0.4, -0.2) is 50.9 Å². The second-order valence-electron chi connectivity index (χ2n) is 10.5. The number of amides is 2. The van der Waals surface area contributed by atoms with Crippen molar-refractivity contribution in [2.45, 2.75) is 119 Å². The van der Waals surface area contributed by atoms with Crippen LogP contribution in [0.25, 0.3) is 0 Å². The molecule has 0 bridgehead atoms. The van der Waals surface area contributed by atoms with E-state index in [4.69, 9.17) is 0 Å². The molecule has 8 heteroatoms. The van der Waals surface area contributed by atoms with Gasteiger partial charge in [-0.2, -0.15) is 0 Å². The Morgan fingerprint density at radius 2 is 1.76 bits per heavy atom. The van der Waals surface area contributed by atoms with E-state index in [0.29, 0.717) is 19.0 Å². The second kappa shape index (κ2) is 13.7. The summed E-state index contributed by atoms with van der Waals surface area (Å²) in [5.74, 6) is 0.0484. The molecule has 2 N–H and O–H groups in total. The molecule has 192 valence electrons. The summed E-state index contributed by atoms with van der Waals surface area (Å²) in [4.78, 5) is 31.2. The van der Waals surface area contributed by atoms with Gasteiger partial charge in [-0.15, -0.1) is 11.3 Å². The first-order chi connectivity index (χ1) is 16.3. The molecule has 2 amide bonds. The number of thioether (sulfide) groups is 1. The number of nitrogens with zero attached hydrogens (tertiary/aromatic N) is 2. The molecule has 1 aromatic rings. The Labute approximate surface area is 213 Å². The van der Waals surface area contributed by atoms with E-state index < -0.39 is 10.7 Å². The minimum atomic E-state index is -0.903. The number of unbranched alkanes of at least 4 members (excludes halogenated alkanes) is 1. The largest absolute Gasteiger partial charge is 0.480 e. The summed E-state index contributed by atoms with van der Waals surface area (Å²) in [5, 5.41) is 14.7. The van der Waals surface area contributed by atoms with Crippen LogP contribution < -0.4 is 5.32 Å². The summed E-state index contributed by atoms with van der Waals surface area (Å²) in [6.45, 7) is 4.85. The van der Waals surface area contributed by atoms with Gasteiger partial charge in [0, 0.05) is 30.9 Å². The highest BCUT2D eigenvalue weighted by molar-refractivity contribution is 8.02. The van der Waals surface area contributed by atoms with Crippen LogP contribution in [0.5, 0.6) is 0 Å². The first-order valence-electron chi connectivity index (χ1n) is 13.3. The van der Waals surface area contributed by atoms with Crippen LogP contribution in [0.3, 0.4) is 0 Å².